The maximum Gasteiger partial charge on any atom is 0.129 e. The lowest BCUT2D eigenvalue weighted by Crippen LogP contribution is -2.16. The summed E-state index contributed by atoms with van der Waals surface area (Å²) >= 11 is 0. The van der Waals surface area contributed by atoms with Gasteiger partial charge in [-0.25, -0.2) is 0 Å². The number of hydrogen-bond donors (Lipinski definition) is 0. The molecule has 0 heterocycles. The standard InChI is InChI=1S/C14H20OSi/c1-15-14-10-8-13(9-11-14)7-5-6-12-16(2,3)4/h8-11H,5,7H2,1-4H3. The van der Waals surface area contributed by atoms with Crippen LogP contribution < -0.4 is 4.74 Å². The largest absolute Gasteiger partial charge is 0.497 e. The number of rotatable bonds is 3. The Morgan fingerprint density at radius 1 is 1.12 bits per heavy atom. The van der Waals surface area contributed by atoms with Crippen LogP contribution in [-0.4, -0.2) is 15.2 Å². The van der Waals surface area contributed by atoms with Gasteiger partial charge in [0.25, 0.3) is 0 Å². The fourth-order valence-corrected chi connectivity index (χ4v) is 1.98. The SMILES string of the molecule is COc1ccc(CCC#C[Si](C)(C)C)cc1. The zero-order valence-electron chi connectivity index (χ0n) is 10.6. The van der Waals surface area contributed by atoms with Gasteiger partial charge in [0.1, 0.15) is 13.8 Å². The zero-order chi connectivity index (χ0) is 12.0. The van der Waals surface area contributed by atoms with Crippen molar-refractivity contribution in [3.63, 3.8) is 0 Å². The quantitative estimate of drug-likeness (QED) is 0.572. The molecule has 0 radical (unpaired) electrons. The number of ether oxygens (including phenoxy) is 1. The average Bonchev–Trinajstić information content (AvgIpc) is 2.24. The van der Waals surface area contributed by atoms with E-state index in [4.69, 9.17) is 4.74 Å². The normalized spacial score (nSPS) is 10.5. The van der Waals surface area contributed by atoms with Gasteiger partial charge in [0, 0.05) is 6.42 Å². The van der Waals surface area contributed by atoms with Crippen LogP contribution in [-0.2, 0) is 6.42 Å². The molecule has 1 nitrogen and oxygen atoms in total. The van der Waals surface area contributed by atoms with Crippen molar-refractivity contribution in [2.75, 3.05) is 7.11 Å². The van der Waals surface area contributed by atoms with Gasteiger partial charge in [-0.05, 0) is 24.1 Å². The smallest absolute Gasteiger partial charge is 0.129 e. The molecule has 0 N–H and O–H groups in total. The van der Waals surface area contributed by atoms with E-state index in [-0.39, 0.29) is 0 Å². The first-order chi connectivity index (χ1) is 7.51. The minimum atomic E-state index is -1.19. The number of hydrogen-bond acceptors (Lipinski definition) is 1. The fourth-order valence-electron chi connectivity index (χ4n) is 1.33. The highest BCUT2D eigenvalue weighted by Crippen LogP contribution is 2.12. The van der Waals surface area contributed by atoms with Gasteiger partial charge in [-0.15, -0.1) is 11.5 Å². The van der Waals surface area contributed by atoms with Crippen LogP contribution in [0.5, 0.6) is 5.75 Å². The van der Waals surface area contributed by atoms with Gasteiger partial charge in [-0.2, -0.15) is 0 Å². The molecule has 0 aromatic heterocycles. The summed E-state index contributed by atoms with van der Waals surface area (Å²) in [5, 5.41) is 0. The molecule has 0 fully saturated rings. The van der Waals surface area contributed by atoms with Crippen molar-refractivity contribution in [3.05, 3.63) is 29.8 Å². The van der Waals surface area contributed by atoms with E-state index in [1.807, 2.05) is 12.1 Å². The second-order valence-corrected chi connectivity index (χ2v) is 9.65. The molecule has 0 aliphatic rings. The summed E-state index contributed by atoms with van der Waals surface area (Å²) in [7, 11) is 0.498. The molecule has 0 saturated carbocycles. The molecule has 0 aliphatic heterocycles. The van der Waals surface area contributed by atoms with E-state index in [0.717, 1.165) is 18.6 Å². The van der Waals surface area contributed by atoms with Crippen LogP contribution in [0.1, 0.15) is 12.0 Å². The first-order valence-corrected chi connectivity index (χ1v) is 9.14. The summed E-state index contributed by atoms with van der Waals surface area (Å²) in [6, 6.07) is 8.21. The second-order valence-electron chi connectivity index (χ2n) is 4.90. The molecule has 0 saturated heterocycles. The topological polar surface area (TPSA) is 9.23 Å². The van der Waals surface area contributed by atoms with E-state index in [9.17, 15) is 0 Å². The number of aryl methyl sites for hydroxylation is 1. The van der Waals surface area contributed by atoms with E-state index in [1.54, 1.807) is 7.11 Å². The first kappa shape index (κ1) is 12.9. The van der Waals surface area contributed by atoms with Crippen molar-refractivity contribution in [1.82, 2.24) is 0 Å². The van der Waals surface area contributed by atoms with Crippen LogP contribution in [0.4, 0.5) is 0 Å². The number of benzene rings is 1. The minimum absolute atomic E-state index is 0.914. The van der Waals surface area contributed by atoms with Gasteiger partial charge in [0.05, 0.1) is 7.11 Å². The van der Waals surface area contributed by atoms with Crippen molar-refractivity contribution in [3.8, 4) is 17.2 Å². The number of methoxy groups -OCH3 is 1. The first-order valence-electron chi connectivity index (χ1n) is 5.64. The highest BCUT2D eigenvalue weighted by molar-refractivity contribution is 6.83. The predicted molar refractivity (Wildman–Crippen MR) is 72.4 cm³/mol. The Balaban J connectivity index is 2.45. The second kappa shape index (κ2) is 5.76. The molecule has 0 unspecified atom stereocenters. The summed E-state index contributed by atoms with van der Waals surface area (Å²) < 4.78 is 5.12. The summed E-state index contributed by atoms with van der Waals surface area (Å²) in [6.07, 6.45) is 1.98. The minimum Gasteiger partial charge on any atom is -0.497 e. The fraction of sp³-hybridized carbons (Fsp3) is 0.429. The highest BCUT2D eigenvalue weighted by Gasteiger charge is 2.06. The van der Waals surface area contributed by atoms with Gasteiger partial charge in [-0.3, -0.25) is 0 Å². The van der Waals surface area contributed by atoms with E-state index in [1.165, 1.54) is 5.56 Å². The van der Waals surface area contributed by atoms with Crippen LogP contribution in [0.15, 0.2) is 24.3 Å². The Labute approximate surface area is 99.8 Å². The molecule has 16 heavy (non-hydrogen) atoms. The zero-order valence-corrected chi connectivity index (χ0v) is 11.6. The molecule has 1 rings (SSSR count). The van der Waals surface area contributed by atoms with Gasteiger partial charge in [0.2, 0.25) is 0 Å². The van der Waals surface area contributed by atoms with Crippen LogP contribution in [0, 0.1) is 11.5 Å². The molecule has 86 valence electrons. The molecule has 0 aliphatic carbocycles. The lowest BCUT2D eigenvalue weighted by atomic mass is 10.1. The molecular formula is C14H20OSi. The third-order valence-electron chi connectivity index (χ3n) is 2.16. The third kappa shape index (κ3) is 5.04. The highest BCUT2D eigenvalue weighted by atomic mass is 28.3. The van der Waals surface area contributed by atoms with E-state index >= 15 is 0 Å². The molecular weight excluding hydrogens is 212 g/mol. The summed E-state index contributed by atoms with van der Waals surface area (Å²) in [6.45, 7) is 6.81. The molecule has 0 amide bonds. The van der Waals surface area contributed by atoms with Gasteiger partial charge in [-0.1, -0.05) is 31.8 Å². The van der Waals surface area contributed by atoms with Crippen molar-refractivity contribution in [1.29, 1.82) is 0 Å². The molecule has 0 atom stereocenters. The lowest BCUT2D eigenvalue weighted by molar-refractivity contribution is 0.414. The molecule has 0 spiro atoms. The van der Waals surface area contributed by atoms with E-state index < -0.39 is 8.07 Å². The van der Waals surface area contributed by atoms with Gasteiger partial charge >= 0.3 is 0 Å². The molecule has 2 heteroatoms. The Morgan fingerprint density at radius 2 is 1.75 bits per heavy atom. The van der Waals surface area contributed by atoms with Crippen LogP contribution in [0.2, 0.25) is 19.6 Å². The predicted octanol–water partition coefficient (Wildman–Crippen LogP) is 3.51. The van der Waals surface area contributed by atoms with E-state index in [0.29, 0.717) is 0 Å². The maximum absolute atomic E-state index is 5.12. The Hall–Kier alpha value is -1.20. The molecule has 0 bridgehead atoms. The van der Waals surface area contributed by atoms with E-state index in [2.05, 4.69) is 43.2 Å². The monoisotopic (exact) mass is 232 g/mol. The lowest BCUT2D eigenvalue weighted by Gasteiger charge is -2.04. The van der Waals surface area contributed by atoms with Crippen LogP contribution in [0.3, 0.4) is 0 Å². The van der Waals surface area contributed by atoms with Crippen molar-refractivity contribution in [2.45, 2.75) is 32.5 Å². The molecule has 1 aromatic rings. The van der Waals surface area contributed by atoms with Gasteiger partial charge in [0.15, 0.2) is 0 Å². The third-order valence-corrected chi connectivity index (χ3v) is 3.09. The summed E-state index contributed by atoms with van der Waals surface area (Å²) in [5.41, 5.74) is 4.70. The Bertz CT molecular complexity index is 376. The van der Waals surface area contributed by atoms with Crippen molar-refractivity contribution >= 4 is 8.07 Å². The van der Waals surface area contributed by atoms with Crippen LogP contribution in [0.25, 0.3) is 0 Å². The van der Waals surface area contributed by atoms with Crippen molar-refractivity contribution < 1.29 is 4.74 Å². The maximum atomic E-state index is 5.12. The Kier molecular flexibility index (Phi) is 4.64. The summed E-state index contributed by atoms with van der Waals surface area (Å²) in [4.78, 5) is 0. The molecule has 1 aromatic carbocycles. The average molecular weight is 232 g/mol. The van der Waals surface area contributed by atoms with Crippen LogP contribution >= 0.6 is 0 Å². The van der Waals surface area contributed by atoms with Crippen molar-refractivity contribution in [2.24, 2.45) is 0 Å². The summed E-state index contributed by atoms with van der Waals surface area (Å²) in [5.74, 6) is 4.20. The van der Waals surface area contributed by atoms with Gasteiger partial charge < -0.3 is 4.74 Å². The Morgan fingerprint density at radius 3 is 2.25 bits per heavy atom.